The van der Waals surface area contributed by atoms with Crippen molar-refractivity contribution in [2.75, 3.05) is 5.32 Å². The minimum atomic E-state index is -0.495. The van der Waals surface area contributed by atoms with E-state index < -0.39 is 11.7 Å². The lowest BCUT2D eigenvalue weighted by molar-refractivity contribution is 0.0636. The number of benzene rings is 1. The van der Waals surface area contributed by atoms with Gasteiger partial charge in [-0.05, 0) is 42.8 Å². The SMILES string of the molecule is CC(C)(C)OC(=O)Nc1[c]cccc1Br. The van der Waals surface area contributed by atoms with E-state index in [1.54, 1.807) is 6.07 Å². The van der Waals surface area contributed by atoms with Gasteiger partial charge in [0.1, 0.15) is 5.60 Å². The Morgan fingerprint density at radius 2 is 2.20 bits per heavy atom. The van der Waals surface area contributed by atoms with Crippen LogP contribution in [0.2, 0.25) is 0 Å². The lowest BCUT2D eigenvalue weighted by atomic mass is 10.2. The van der Waals surface area contributed by atoms with Crippen LogP contribution in [0.1, 0.15) is 20.8 Å². The quantitative estimate of drug-likeness (QED) is 0.847. The maximum atomic E-state index is 11.4. The highest BCUT2D eigenvalue weighted by Gasteiger charge is 2.16. The molecule has 0 spiro atoms. The molecule has 0 saturated heterocycles. The number of para-hydroxylation sites is 1. The van der Waals surface area contributed by atoms with Gasteiger partial charge in [-0.3, -0.25) is 5.32 Å². The molecule has 0 aromatic heterocycles. The lowest BCUT2D eigenvalue weighted by Crippen LogP contribution is -2.27. The maximum Gasteiger partial charge on any atom is 0.412 e. The second-order valence-electron chi connectivity index (χ2n) is 4.02. The van der Waals surface area contributed by atoms with E-state index in [-0.39, 0.29) is 0 Å². The van der Waals surface area contributed by atoms with Crippen LogP contribution in [0.25, 0.3) is 0 Å². The topological polar surface area (TPSA) is 38.3 Å². The second-order valence-corrected chi connectivity index (χ2v) is 4.87. The Labute approximate surface area is 97.9 Å². The van der Waals surface area contributed by atoms with Gasteiger partial charge in [0.15, 0.2) is 0 Å². The molecular formula is C11H13BrNO2. The van der Waals surface area contributed by atoms with Gasteiger partial charge in [0.2, 0.25) is 0 Å². The van der Waals surface area contributed by atoms with Gasteiger partial charge in [-0.15, -0.1) is 0 Å². The Hall–Kier alpha value is -1.03. The van der Waals surface area contributed by atoms with E-state index in [1.165, 1.54) is 0 Å². The summed E-state index contributed by atoms with van der Waals surface area (Å²) >= 11 is 3.30. The molecule has 0 saturated carbocycles. The van der Waals surface area contributed by atoms with Crippen LogP contribution in [0.5, 0.6) is 0 Å². The summed E-state index contributed by atoms with van der Waals surface area (Å²) in [5.41, 5.74) is 0.0810. The number of amides is 1. The summed E-state index contributed by atoms with van der Waals surface area (Å²) in [7, 11) is 0. The minimum Gasteiger partial charge on any atom is -0.444 e. The van der Waals surface area contributed by atoms with Crippen LogP contribution >= 0.6 is 15.9 Å². The summed E-state index contributed by atoms with van der Waals surface area (Å²) in [5.74, 6) is 0. The Kier molecular flexibility index (Phi) is 3.74. The molecule has 0 aliphatic carbocycles. The van der Waals surface area contributed by atoms with Gasteiger partial charge in [-0.25, -0.2) is 4.79 Å². The van der Waals surface area contributed by atoms with E-state index >= 15 is 0 Å². The first-order valence-electron chi connectivity index (χ1n) is 4.55. The highest BCUT2D eigenvalue weighted by Crippen LogP contribution is 2.21. The summed E-state index contributed by atoms with van der Waals surface area (Å²) in [4.78, 5) is 11.4. The van der Waals surface area contributed by atoms with E-state index in [4.69, 9.17) is 4.74 Å². The zero-order chi connectivity index (χ0) is 11.5. The normalized spacial score (nSPS) is 10.9. The molecule has 4 heteroatoms. The van der Waals surface area contributed by atoms with Gasteiger partial charge >= 0.3 is 6.09 Å². The van der Waals surface area contributed by atoms with Gasteiger partial charge in [0, 0.05) is 10.5 Å². The first kappa shape index (κ1) is 12.0. The molecule has 0 bridgehead atoms. The number of ether oxygens (including phenoxy) is 1. The number of rotatable bonds is 1. The van der Waals surface area contributed by atoms with Crippen LogP contribution in [0.4, 0.5) is 10.5 Å². The van der Waals surface area contributed by atoms with E-state index in [2.05, 4.69) is 27.3 Å². The number of carbonyl (C=O) groups excluding carboxylic acids is 1. The van der Waals surface area contributed by atoms with Crippen molar-refractivity contribution in [3.8, 4) is 0 Å². The average molecular weight is 271 g/mol. The van der Waals surface area contributed by atoms with E-state index in [0.29, 0.717) is 5.69 Å². The van der Waals surface area contributed by atoms with Crippen molar-refractivity contribution in [3.05, 3.63) is 28.7 Å². The Morgan fingerprint density at radius 1 is 1.53 bits per heavy atom. The second kappa shape index (κ2) is 4.66. The van der Waals surface area contributed by atoms with E-state index in [9.17, 15) is 4.79 Å². The number of halogens is 1. The molecule has 1 amide bonds. The van der Waals surface area contributed by atoms with Crippen LogP contribution in [-0.4, -0.2) is 11.7 Å². The predicted molar refractivity (Wildman–Crippen MR) is 62.8 cm³/mol. The van der Waals surface area contributed by atoms with Crippen molar-refractivity contribution in [1.29, 1.82) is 0 Å². The Bertz CT molecular complexity index is 358. The molecule has 81 valence electrons. The molecule has 1 rings (SSSR count). The van der Waals surface area contributed by atoms with Crippen molar-refractivity contribution in [3.63, 3.8) is 0 Å². The zero-order valence-electron chi connectivity index (χ0n) is 8.93. The van der Waals surface area contributed by atoms with Gasteiger partial charge in [0.25, 0.3) is 0 Å². The summed E-state index contributed by atoms with van der Waals surface area (Å²) in [6.07, 6.45) is -0.481. The first-order valence-corrected chi connectivity index (χ1v) is 5.34. The molecule has 0 atom stereocenters. The fourth-order valence-corrected chi connectivity index (χ4v) is 1.28. The van der Waals surface area contributed by atoms with E-state index in [1.807, 2.05) is 32.9 Å². The number of carbonyl (C=O) groups is 1. The zero-order valence-corrected chi connectivity index (χ0v) is 10.5. The van der Waals surface area contributed by atoms with Crippen molar-refractivity contribution in [2.24, 2.45) is 0 Å². The van der Waals surface area contributed by atoms with Crippen LogP contribution in [0.15, 0.2) is 22.7 Å². The monoisotopic (exact) mass is 270 g/mol. The largest absolute Gasteiger partial charge is 0.444 e. The highest BCUT2D eigenvalue weighted by molar-refractivity contribution is 9.10. The fourth-order valence-electron chi connectivity index (χ4n) is 0.918. The molecule has 0 aliphatic rings. The minimum absolute atomic E-state index is 0.481. The van der Waals surface area contributed by atoms with E-state index in [0.717, 1.165) is 4.47 Å². The maximum absolute atomic E-state index is 11.4. The summed E-state index contributed by atoms with van der Waals surface area (Å²) in [6.45, 7) is 5.45. The molecule has 1 aromatic carbocycles. The van der Waals surface area contributed by atoms with Crippen molar-refractivity contribution >= 4 is 27.7 Å². The first-order chi connectivity index (χ1) is 6.88. The van der Waals surface area contributed by atoms with Crippen LogP contribution in [-0.2, 0) is 4.74 Å². The molecule has 1 N–H and O–H groups in total. The highest BCUT2D eigenvalue weighted by atomic mass is 79.9. The average Bonchev–Trinajstić information content (AvgIpc) is 2.05. The molecule has 1 radical (unpaired) electrons. The number of hydrogen-bond acceptors (Lipinski definition) is 2. The number of hydrogen-bond donors (Lipinski definition) is 1. The van der Waals surface area contributed by atoms with Gasteiger partial charge in [-0.2, -0.15) is 0 Å². The van der Waals surface area contributed by atoms with Crippen molar-refractivity contribution < 1.29 is 9.53 Å². The molecule has 0 fully saturated rings. The van der Waals surface area contributed by atoms with Gasteiger partial charge in [-0.1, -0.05) is 12.1 Å². The fraction of sp³-hybridized carbons (Fsp3) is 0.364. The molecule has 3 nitrogen and oxygen atoms in total. The number of nitrogens with one attached hydrogen (secondary N) is 1. The molecule has 15 heavy (non-hydrogen) atoms. The Morgan fingerprint density at radius 3 is 2.73 bits per heavy atom. The molecule has 0 unspecified atom stereocenters. The summed E-state index contributed by atoms with van der Waals surface area (Å²) in [6, 6.07) is 8.26. The third-order valence-corrected chi connectivity index (χ3v) is 2.09. The predicted octanol–water partition coefficient (Wildman–Crippen LogP) is 3.60. The Balaban J connectivity index is 2.64. The van der Waals surface area contributed by atoms with Crippen LogP contribution in [0, 0.1) is 6.07 Å². The van der Waals surface area contributed by atoms with Crippen LogP contribution < -0.4 is 5.32 Å². The molecular weight excluding hydrogens is 258 g/mol. The van der Waals surface area contributed by atoms with Crippen LogP contribution in [0.3, 0.4) is 0 Å². The van der Waals surface area contributed by atoms with Crippen molar-refractivity contribution in [2.45, 2.75) is 26.4 Å². The lowest BCUT2D eigenvalue weighted by Gasteiger charge is -2.19. The molecule has 1 aromatic rings. The number of anilines is 1. The summed E-state index contributed by atoms with van der Waals surface area (Å²) in [5, 5.41) is 2.60. The molecule has 0 aliphatic heterocycles. The van der Waals surface area contributed by atoms with Crippen molar-refractivity contribution in [1.82, 2.24) is 0 Å². The third-order valence-electron chi connectivity index (χ3n) is 1.43. The third kappa shape index (κ3) is 4.34. The molecule has 0 heterocycles. The smallest absolute Gasteiger partial charge is 0.412 e. The standard InChI is InChI=1S/C11H13BrNO2/c1-11(2,3)15-10(14)13-9-7-5-4-6-8(9)12/h4-6H,1-3H3,(H,13,14). The van der Waals surface area contributed by atoms with Gasteiger partial charge < -0.3 is 4.74 Å². The van der Waals surface area contributed by atoms with Gasteiger partial charge in [0.05, 0.1) is 5.69 Å². The summed E-state index contributed by atoms with van der Waals surface area (Å²) < 4.78 is 5.88.